The van der Waals surface area contributed by atoms with E-state index in [4.69, 9.17) is 4.42 Å². The summed E-state index contributed by atoms with van der Waals surface area (Å²) in [6.45, 7) is 3.83. The molecule has 0 atom stereocenters. The second-order valence-corrected chi connectivity index (χ2v) is 5.92. The van der Waals surface area contributed by atoms with E-state index in [2.05, 4.69) is 24.4 Å². The molecule has 6 heteroatoms. The molecular formula is C18H19N5O. The molecule has 4 rings (SSSR count). The van der Waals surface area contributed by atoms with Crippen molar-refractivity contribution < 1.29 is 4.42 Å². The van der Waals surface area contributed by atoms with Gasteiger partial charge < -0.3 is 13.9 Å². The molecule has 0 bridgehead atoms. The molecule has 0 aliphatic rings. The van der Waals surface area contributed by atoms with Crippen LogP contribution < -0.4 is 4.90 Å². The van der Waals surface area contributed by atoms with Gasteiger partial charge in [-0.1, -0.05) is 12.1 Å². The van der Waals surface area contributed by atoms with Crippen molar-refractivity contribution in [3.8, 4) is 0 Å². The van der Waals surface area contributed by atoms with Crippen LogP contribution in [0.1, 0.15) is 12.2 Å². The minimum Gasteiger partial charge on any atom is -0.450 e. The lowest BCUT2D eigenvalue weighted by Crippen LogP contribution is -2.21. The Labute approximate surface area is 139 Å². The highest BCUT2D eigenvalue weighted by atomic mass is 16.3. The topological polar surface area (TPSA) is 60.0 Å². The van der Waals surface area contributed by atoms with Gasteiger partial charge in [-0.25, -0.2) is 15.0 Å². The van der Waals surface area contributed by atoms with Crippen molar-refractivity contribution in [2.24, 2.45) is 0 Å². The molecule has 6 nitrogen and oxygen atoms in total. The molecule has 0 unspecified atom stereocenters. The lowest BCUT2D eigenvalue weighted by Gasteiger charge is -2.18. The smallest absolute Gasteiger partial charge is 0.196 e. The fraction of sp³-hybridized carbons (Fsp3) is 0.278. The number of fused-ring (bicyclic) bond motifs is 3. The first-order valence-electron chi connectivity index (χ1n) is 8.05. The van der Waals surface area contributed by atoms with Gasteiger partial charge in [0.2, 0.25) is 0 Å². The van der Waals surface area contributed by atoms with Gasteiger partial charge in [-0.05, 0) is 25.5 Å². The number of anilines is 1. The monoisotopic (exact) mass is 321 g/mol. The summed E-state index contributed by atoms with van der Waals surface area (Å²) in [5.41, 5.74) is 2.46. The Bertz CT molecular complexity index is 987. The van der Waals surface area contributed by atoms with Crippen molar-refractivity contribution in [1.82, 2.24) is 19.5 Å². The van der Waals surface area contributed by atoms with Crippen molar-refractivity contribution in [3.63, 3.8) is 0 Å². The maximum absolute atomic E-state index is 5.99. The number of hydrogen-bond acceptors (Lipinski definition) is 5. The minimum absolute atomic E-state index is 0.750. The van der Waals surface area contributed by atoms with Crippen LogP contribution in [-0.2, 0) is 6.54 Å². The van der Waals surface area contributed by atoms with Gasteiger partial charge >= 0.3 is 0 Å². The zero-order valence-electron chi connectivity index (χ0n) is 13.8. The van der Waals surface area contributed by atoms with Crippen molar-refractivity contribution in [2.75, 3.05) is 18.5 Å². The summed E-state index contributed by atoms with van der Waals surface area (Å²) in [6.07, 6.45) is 6.45. The third-order valence-corrected chi connectivity index (χ3v) is 4.32. The molecule has 0 saturated heterocycles. The SMILES string of the molecule is Cc1nccn1CCCN(C)c1ncnc2c1oc1ccccc12. The Morgan fingerprint density at radius 1 is 1.17 bits per heavy atom. The maximum atomic E-state index is 5.99. The third kappa shape index (κ3) is 2.50. The summed E-state index contributed by atoms with van der Waals surface area (Å²) in [5, 5.41) is 1.03. The van der Waals surface area contributed by atoms with Crippen LogP contribution in [0.4, 0.5) is 5.82 Å². The van der Waals surface area contributed by atoms with Crippen molar-refractivity contribution >= 4 is 27.9 Å². The fourth-order valence-electron chi connectivity index (χ4n) is 3.01. The molecule has 0 spiro atoms. The van der Waals surface area contributed by atoms with E-state index in [1.165, 1.54) is 0 Å². The Morgan fingerprint density at radius 3 is 2.88 bits per heavy atom. The highest BCUT2D eigenvalue weighted by Crippen LogP contribution is 2.31. The standard InChI is InChI=1S/C18H19N5O/c1-13-19-8-11-23(13)10-5-9-22(2)18-17-16(20-12-21-18)14-6-3-4-7-15(14)24-17/h3-4,6-8,11-12H,5,9-10H2,1-2H3. The normalized spacial score (nSPS) is 11.4. The molecular weight excluding hydrogens is 302 g/mol. The van der Waals surface area contributed by atoms with Gasteiger partial charge in [-0.15, -0.1) is 0 Å². The Hall–Kier alpha value is -2.89. The lowest BCUT2D eigenvalue weighted by molar-refractivity contribution is 0.617. The molecule has 0 aliphatic carbocycles. The number of hydrogen-bond donors (Lipinski definition) is 0. The quantitative estimate of drug-likeness (QED) is 0.564. The number of aryl methyl sites for hydroxylation is 2. The van der Waals surface area contributed by atoms with Gasteiger partial charge in [-0.3, -0.25) is 0 Å². The molecule has 3 heterocycles. The van der Waals surface area contributed by atoms with Crippen LogP contribution in [0.2, 0.25) is 0 Å². The molecule has 1 aromatic carbocycles. The Morgan fingerprint density at radius 2 is 2.04 bits per heavy atom. The molecule has 0 saturated carbocycles. The zero-order chi connectivity index (χ0) is 16.5. The van der Waals surface area contributed by atoms with Crippen LogP contribution in [0, 0.1) is 6.92 Å². The van der Waals surface area contributed by atoms with E-state index in [0.717, 1.165) is 53.2 Å². The largest absolute Gasteiger partial charge is 0.450 e. The van der Waals surface area contributed by atoms with Crippen molar-refractivity contribution in [1.29, 1.82) is 0 Å². The molecule has 0 fully saturated rings. The van der Waals surface area contributed by atoms with E-state index in [0.29, 0.717) is 0 Å². The summed E-state index contributed by atoms with van der Waals surface area (Å²) in [7, 11) is 2.04. The molecule has 0 amide bonds. The van der Waals surface area contributed by atoms with Crippen LogP contribution in [0.5, 0.6) is 0 Å². The maximum Gasteiger partial charge on any atom is 0.196 e. The lowest BCUT2D eigenvalue weighted by atomic mass is 10.2. The predicted octanol–water partition coefficient (Wildman–Crippen LogP) is 3.41. The first kappa shape index (κ1) is 14.7. The Kier molecular flexibility index (Phi) is 3.65. The highest BCUT2D eigenvalue weighted by Gasteiger charge is 2.15. The number of para-hydroxylation sites is 1. The van der Waals surface area contributed by atoms with Gasteiger partial charge in [0.15, 0.2) is 11.4 Å². The average molecular weight is 321 g/mol. The highest BCUT2D eigenvalue weighted by molar-refractivity contribution is 6.05. The van der Waals surface area contributed by atoms with Gasteiger partial charge in [0.05, 0.1) is 0 Å². The van der Waals surface area contributed by atoms with E-state index in [1.54, 1.807) is 6.33 Å². The second-order valence-electron chi connectivity index (χ2n) is 5.92. The summed E-state index contributed by atoms with van der Waals surface area (Å²) in [5.74, 6) is 1.87. The van der Waals surface area contributed by atoms with E-state index in [-0.39, 0.29) is 0 Å². The molecule has 0 aliphatic heterocycles. The number of rotatable bonds is 5. The van der Waals surface area contributed by atoms with E-state index in [9.17, 15) is 0 Å². The van der Waals surface area contributed by atoms with E-state index in [1.807, 2.05) is 50.6 Å². The summed E-state index contributed by atoms with van der Waals surface area (Å²) < 4.78 is 8.15. The van der Waals surface area contributed by atoms with Crippen LogP contribution in [0.15, 0.2) is 47.4 Å². The number of nitrogens with zero attached hydrogens (tertiary/aromatic N) is 5. The second kappa shape index (κ2) is 5.96. The fourth-order valence-corrected chi connectivity index (χ4v) is 3.01. The number of aromatic nitrogens is 4. The van der Waals surface area contributed by atoms with Crippen LogP contribution in [-0.4, -0.2) is 33.1 Å². The number of furan rings is 1. The van der Waals surface area contributed by atoms with Crippen molar-refractivity contribution in [3.05, 3.63) is 48.8 Å². The van der Waals surface area contributed by atoms with Crippen molar-refractivity contribution in [2.45, 2.75) is 19.9 Å². The summed E-state index contributed by atoms with van der Waals surface area (Å²) in [4.78, 5) is 15.2. The number of benzene rings is 1. The average Bonchev–Trinajstić information content (AvgIpc) is 3.18. The number of imidazole rings is 1. The van der Waals surface area contributed by atoms with Crippen LogP contribution in [0.25, 0.3) is 22.1 Å². The minimum atomic E-state index is 0.750. The molecule has 24 heavy (non-hydrogen) atoms. The molecule has 3 aromatic heterocycles. The van der Waals surface area contributed by atoms with Gasteiger partial charge in [0.25, 0.3) is 0 Å². The Balaban J connectivity index is 1.57. The van der Waals surface area contributed by atoms with E-state index >= 15 is 0 Å². The molecule has 0 radical (unpaired) electrons. The molecule has 122 valence electrons. The van der Waals surface area contributed by atoms with Crippen LogP contribution >= 0.6 is 0 Å². The predicted molar refractivity (Wildman–Crippen MR) is 94.2 cm³/mol. The molecule has 4 aromatic rings. The first-order chi connectivity index (χ1) is 11.7. The van der Waals surface area contributed by atoms with Gasteiger partial charge in [0.1, 0.15) is 23.3 Å². The summed E-state index contributed by atoms with van der Waals surface area (Å²) >= 11 is 0. The third-order valence-electron chi connectivity index (χ3n) is 4.32. The van der Waals surface area contributed by atoms with Gasteiger partial charge in [0, 0.05) is 37.9 Å². The zero-order valence-corrected chi connectivity index (χ0v) is 13.8. The molecule has 0 N–H and O–H groups in total. The van der Waals surface area contributed by atoms with Gasteiger partial charge in [-0.2, -0.15) is 0 Å². The van der Waals surface area contributed by atoms with Crippen LogP contribution in [0.3, 0.4) is 0 Å². The van der Waals surface area contributed by atoms with E-state index < -0.39 is 0 Å². The summed E-state index contributed by atoms with van der Waals surface area (Å²) in [6, 6.07) is 7.95. The first-order valence-corrected chi connectivity index (χ1v) is 8.05.